The van der Waals surface area contributed by atoms with Gasteiger partial charge in [-0.25, -0.2) is 0 Å². The second-order valence-electron chi connectivity index (χ2n) is 14.3. The van der Waals surface area contributed by atoms with Gasteiger partial charge in [-0.2, -0.15) is 0 Å². The Hall–Kier alpha value is -2.67. The van der Waals surface area contributed by atoms with E-state index in [9.17, 15) is 4.79 Å². The van der Waals surface area contributed by atoms with Crippen LogP contribution in [0.15, 0.2) is 105 Å². The maximum Gasteiger partial charge on any atom is 0.155 e. The van der Waals surface area contributed by atoms with Gasteiger partial charge in [0.2, 0.25) is 0 Å². The molecule has 0 heterocycles. The predicted octanol–water partition coefficient (Wildman–Crippen LogP) is 11.7. The van der Waals surface area contributed by atoms with Crippen LogP contribution in [0.5, 0.6) is 0 Å². The van der Waals surface area contributed by atoms with Crippen LogP contribution >= 0.6 is 0 Å². The number of carbonyl (C=O) groups is 1. The minimum Gasteiger partial charge on any atom is -0.295 e. The van der Waals surface area contributed by atoms with Crippen LogP contribution in [0.1, 0.15) is 114 Å². The van der Waals surface area contributed by atoms with E-state index in [4.69, 9.17) is 0 Å². The van der Waals surface area contributed by atoms with E-state index in [2.05, 4.69) is 117 Å². The van der Waals surface area contributed by atoms with Crippen molar-refractivity contribution in [2.24, 2.45) is 22.7 Å². The van der Waals surface area contributed by atoms with Crippen molar-refractivity contribution in [1.29, 1.82) is 0 Å². The smallest absolute Gasteiger partial charge is 0.155 e. The number of hydrogen-bond acceptors (Lipinski definition) is 1. The Bertz CT molecular complexity index is 1270. The fraction of sp³-hybridized carbons (Fsp3) is 0.525. The zero-order valence-electron chi connectivity index (χ0n) is 27.8. The van der Waals surface area contributed by atoms with Gasteiger partial charge < -0.3 is 0 Å². The van der Waals surface area contributed by atoms with Gasteiger partial charge in [-0.15, -0.1) is 0 Å². The summed E-state index contributed by atoms with van der Waals surface area (Å²) in [6, 6.07) is 0. The summed E-state index contributed by atoms with van der Waals surface area (Å²) in [6.45, 7) is 22.5. The van der Waals surface area contributed by atoms with E-state index >= 15 is 0 Å². The highest BCUT2D eigenvalue weighted by Gasteiger charge is 2.35. The summed E-state index contributed by atoms with van der Waals surface area (Å²) in [6.07, 6.45) is 30.6. The third-order valence-electron chi connectivity index (χ3n) is 9.65. The molecule has 0 bridgehead atoms. The molecule has 3 rings (SSSR count). The minimum atomic E-state index is 0.135. The molecule has 1 saturated carbocycles. The van der Waals surface area contributed by atoms with Gasteiger partial charge in [-0.1, -0.05) is 135 Å². The standard InChI is InChI=1S/C40H56O/c1-28(14-11-15-29(2)20-23-37-31(4)16-12-24-39(37,7)8)18-22-35-26-30(3)19-21-34(33(6)41)27-36(35)38-32(5)17-13-25-40(38,9)10/h11,14-15,18-23,26,31,36H,12-13,16-17,24-25,27H2,1-10H3/b15-11+,22-18+,28-14+,29-20-,30-19-,34-21+,35-26-,37-23+. The molecule has 41 heavy (non-hydrogen) atoms. The summed E-state index contributed by atoms with van der Waals surface area (Å²) in [5, 5.41) is 0. The maximum absolute atomic E-state index is 12.6. The molecule has 0 spiro atoms. The Morgan fingerprint density at radius 2 is 1.59 bits per heavy atom. The van der Waals surface area contributed by atoms with Crippen LogP contribution in [0, 0.1) is 22.7 Å². The number of hydrogen-bond donors (Lipinski definition) is 0. The quantitative estimate of drug-likeness (QED) is 0.227. The molecular formula is C40H56O. The number of ketones is 1. The van der Waals surface area contributed by atoms with Crippen LogP contribution < -0.4 is 0 Å². The lowest BCUT2D eigenvalue weighted by Crippen LogP contribution is -2.28. The van der Waals surface area contributed by atoms with Gasteiger partial charge in [0.15, 0.2) is 5.78 Å². The number of carbonyl (C=O) groups excluding carboxylic acids is 1. The van der Waals surface area contributed by atoms with Crippen LogP contribution in [-0.4, -0.2) is 5.78 Å². The van der Waals surface area contributed by atoms with Gasteiger partial charge in [0.1, 0.15) is 0 Å². The zero-order valence-corrected chi connectivity index (χ0v) is 27.8. The average Bonchev–Trinajstić information content (AvgIpc) is 2.85. The van der Waals surface area contributed by atoms with Gasteiger partial charge in [0.05, 0.1) is 0 Å². The van der Waals surface area contributed by atoms with E-state index in [0.717, 1.165) is 18.4 Å². The molecule has 1 nitrogen and oxygen atoms in total. The van der Waals surface area contributed by atoms with Crippen LogP contribution in [-0.2, 0) is 4.79 Å². The molecule has 1 fully saturated rings. The van der Waals surface area contributed by atoms with Crippen molar-refractivity contribution in [1.82, 2.24) is 0 Å². The molecule has 2 unspecified atom stereocenters. The highest BCUT2D eigenvalue weighted by atomic mass is 16.1. The van der Waals surface area contributed by atoms with E-state index in [1.807, 2.05) is 6.08 Å². The molecule has 0 aromatic heterocycles. The summed E-state index contributed by atoms with van der Waals surface area (Å²) in [5.41, 5.74) is 11.0. The molecule has 0 aromatic rings. The van der Waals surface area contributed by atoms with Crippen molar-refractivity contribution in [2.75, 3.05) is 0 Å². The zero-order chi connectivity index (χ0) is 30.4. The Kier molecular flexibility index (Phi) is 11.2. The van der Waals surface area contributed by atoms with E-state index in [0.29, 0.717) is 11.3 Å². The van der Waals surface area contributed by atoms with Crippen molar-refractivity contribution in [3.63, 3.8) is 0 Å². The molecular weight excluding hydrogens is 496 g/mol. The van der Waals surface area contributed by atoms with E-state index in [-0.39, 0.29) is 17.1 Å². The number of allylic oxidation sites excluding steroid dienone is 18. The second-order valence-corrected chi connectivity index (χ2v) is 14.3. The molecule has 3 aliphatic rings. The average molecular weight is 553 g/mol. The lowest BCUT2D eigenvalue weighted by Gasteiger charge is -2.40. The van der Waals surface area contributed by atoms with Crippen LogP contribution in [0.2, 0.25) is 0 Å². The number of Topliss-reactive ketones (excluding diaryl/α,β-unsaturated/α-hetero) is 1. The third kappa shape index (κ3) is 8.91. The largest absolute Gasteiger partial charge is 0.295 e. The molecule has 0 saturated heterocycles. The number of rotatable bonds is 7. The summed E-state index contributed by atoms with van der Waals surface area (Å²) in [7, 11) is 0. The highest BCUT2D eigenvalue weighted by molar-refractivity contribution is 5.93. The molecule has 0 aromatic carbocycles. The SMILES string of the molecule is CC(=O)/C1=C/C=C(C)\C=C(\C=C\C(C)=C\C=C\C(C)=C/C=C2\C(C)CCCC2(C)C)C(C2=C(C)CCCC2(C)C)C1. The van der Waals surface area contributed by atoms with Gasteiger partial charge in [-0.3, -0.25) is 4.79 Å². The molecule has 0 N–H and O–H groups in total. The monoisotopic (exact) mass is 552 g/mol. The van der Waals surface area contributed by atoms with Gasteiger partial charge in [-0.05, 0) is 101 Å². The summed E-state index contributed by atoms with van der Waals surface area (Å²) >= 11 is 0. The Balaban J connectivity index is 1.87. The molecule has 0 aliphatic heterocycles. The second kappa shape index (κ2) is 14.0. The molecule has 0 amide bonds. The topological polar surface area (TPSA) is 17.1 Å². The molecule has 1 heteroatoms. The van der Waals surface area contributed by atoms with Gasteiger partial charge in [0, 0.05) is 5.92 Å². The van der Waals surface area contributed by atoms with Gasteiger partial charge in [0.25, 0.3) is 0 Å². The normalized spacial score (nSPS) is 30.9. The van der Waals surface area contributed by atoms with Gasteiger partial charge >= 0.3 is 0 Å². The minimum absolute atomic E-state index is 0.135. The lowest BCUT2D eigenvalue weighted by atomic mass is 9.64. The molecule has 0 radical (unpaired) electrons. The van der Waals surface area contributed by atoms with Crippen LogP contribution in [0.25, 0.3) is 0 Å². The molecule has 222 valence electrons. The third-order valence-corrected chi connectivity index (χ3v) is 9.65. The molecule has 3 aliphatic carbocycles. The van der Waals surface area contributed by atoms with Crippen molar-refractivity contribution >= 4 is 5.78 Å². The van der Waals surface area contributed by atoms with Crippen molar-refractivity contribution in [3.05, 3.63) is 105 Å². The fourth-order valence-electron chi connectivity index (χ4n) is 7.27. The first-order valence-electron chi connectivity index (χ1n) is 15.9. The maximum atomic E-state index is 12.6. The van der Waals surface area contributed by atoms with E-state index < -0.39 is 0 Å². The first kappa shape index (κ1) is 32.8. The summed E-state index contributed by atoms with van der Waals surface area (Å²) in [5.74, 6) is 1.07. The van der Waals surface area contributed by atoms with Crippen molar-refractivity contribution < 1.29 is 4.79 Å². The fourth-order valence-corrected chi connectivity index (χ4v) is 7.27. The Morgan fingerprint density at radius 3 is 2.24 bits per heavy atom. The first-order chi connectivity index (χ1) is 19.2. The van der Waals surface area contributed by atoms with E-state index in [1.165, 1.54) is 65.5 Å². The van der Waals surface area contributed by atoms with Crippen LogP contribution in [0.3, 0.4) is 0 Å². The van der Waals surface area contributed by atoms with E-state index in [1.54, 1.807) is 12.5 Å². The van der Waals surface area contributed by atoms with Crippen LogP contribution in [0.4, 0.5) is 0 Å². The first-order valence-corrected chi connectivity index (χ1v) is 15.9. The summed E-state index contributed by atoms with van der Waals surface area (Å²) in [4.78, 5) is 12.6. The lowest BCUT2D eigenvalue weighted by molar-refractivity contribution is -0.113. The Labute approximate surface area is 252 Å². The molecule has 2 atom stereocenters. The van der Waals surface area contributed by atoms with Crippen molar-refractivity contribution in [3.8, 4) is 0 Å². The predicted molar refractivity (Wildman–Crippen MR) is 180 cm³/mol. The Morgan fingerprint density at radius 1 is 0.902 bits per heavy atom. The highest BCUT2D eigenvalue weighted by Crippen LogP contribution is 2.48. The van der Waals surface area contributed by atoms with Crippen molar-refractivity contribution in [2.45, 2.75) is 114 Å². The summed E-state index contributed by atoms with van der Waals surface area (Å²) < 4.78 is 0.